The Morgan fingerprint density at radius 3 is 2.93 bits per heavy atom. The first-order valence-corrected chi connectivity index (χ1v) is 10.2. The van der Waals surface area contributed by atoms with Gasteiger partial charge in [-0.05, 0) is 56.2 Å². The lowest BCUT2D eigenvalue weighted by molar-refractivity contribution is -0.115. The normalized spacial score (nSPS) is 11.4. The van der Waals surface area contributed by atoms with Crippen molar-refractivity contribution in [1.82, 2.24) is 14.5 Å². The van der Waals surface area contributed by atoms with E-state index in [1.807, 2.05) is 42.7 Å². The van der Waals surface area contributed by atoms with Crippen molar-refractivity contribution in [3.8, 4) is 0 Å². The predicted molar refractivity (Wildman–Crippen MR) is 116 cm³/mol. The number of H-pyrrole nitrogens is 1. The van der Waals surface area contributed by atoms with Gasteiger partial charge in [0.15, 0.2) is 0 Å². The smallest absolute Gasteiger partial charge is 0.231 e. The first-order valence-electron chi connectivity index (χ1n) is 10.2. The number of ether oxygens (including phenoxy) is 1. The van der Waals surface area contributed by atoms with Crippen molar-refractivity contribution in [1.29, 1.82) is 0 Å². The number of amides is 1. The first kappa shape index (κ1) is 20.1. The van der Waals surface area contributed by atoms with Crippen LogP contribution in [0.1, 0.15) is 24.6 Å². The van der Waals surface area contributed by atoms with E-state index < -0.39 is 0 Å². The fourth-order valence-corrected chi connectivity index (χ4v) is 3.78. The van der Waals surface area contributed by atoms with Gasteiger partial charge in [0.1, 0.15) is 5.82 Å². The maximum atomic E-state index is 13.7. The Hall–Kier alpha value is -3.19. The summed E-state index contributed by atoms with van der Waals surface area (Å²) in [5.41, 5.74) is 4.26. The molecule has 0 unspecified atom stereocenters. The van der Waals surface area contributed by atoms with Gasteiger partial charge in [-0.3, -0.25) is 10.1 Å². The molecule has 156 valence electrons. The van der Waals surface area contributed by atoms with Gasteiger partial charge in [-0.1, -0.05) is 12.1 Å². The lowest BCUT2D eigenvalue weighted by atomic mass is 10.1. The molecular formula is C23H25FN4O2. The zero-order chi connectivity index (χ0) is 21.1. The highest BCUT2D eigenvalue weighted by Crippen LogP contribution is 2.25. The van der Waals surface area contributed by atoms with Crippen molar-refractivity contribution in [3.63, 3.8) is 0 Å². The lowest BCUT2D eigenvalue weighted by Crippen LogP contribution is -2.18. The number of anilines is 1. The number of aryl methyl sites for hydroxylation is 2. The van der Waals surface area contributed by atoms with Crippen molar-refractivity contribution >= 4 is 33.8 Å². The summed E-state index contributed by atoms with van der Waals surface area (Å²) in [6.07, 6.45) is 0.954. The van der Waals surface area contributed by atoms with Crippen LogP contribution in [0.2, 0.25) is 0 Å². The van der Waals surface area contributed by atoms with Crippen LogP contribution in [0.25, 0.3) is 21.9 Å². The third-order valence-electron chi connectivity index (χ3n) is 5.20. The Morgan fingerprint density at radius 1 is 1.27 bits per heavy atom. The van der Waals surface area contributed by atoms with Crippen LogP contribution in [-0.4, -0.2) is 33.7 Å². The summed E-state index contributed by atoms with van der Waals surface area (Å²) >= 11 is 0. The third kappa shape index (κ3) is 4.07. The van der Waals surface area contributed by atoms with Crippen molar-refractivity contribution in [3.05, 3.63) is 59.5 Å². The summed E-state index contributed by atoms with van der Waals surface area (Å²) in [5.74, 6) is 0.00486. The van der Waals surface area contributed by atoms with Crippen LogP contribution in [0.5, 0.6) is 0 Å². The van der Waals surface area contributed by atoms with Gasteiger partial charge >= 0.3 is 0 Å². The van der Waals surface area contributed by atoms with Gasteiger partial charge < -0.3 is 14.3 Å². The minimum absolute atomic E-state index is 0.136. The van der Waals surface area contributed by atoms with Crippen molar-refractivity contribution in [2.75, 3.05) is 18.5 Å². The number of nitrogens with zero attached hydrogens (tertiary/aromatic N) is 2. The van der Waals surface area contributed by atoms with Crippen molar-refractivity contribution in [2.24, 2.45) is 0 Å². The largest absolute Gasteiger partial charge is 0.382 e. The van der Waals surface area contributed by atoms with E-state index in [1.165, 1.54) is 12.1 Å². The average molecular weight is 408 g/mol. The van der Waals surface area contributed by atoms with Crippen molar-refractivity contribution in [2.45, 2.75) is 33.2 Å². The topological polar surface area (TPSA) is 71.9 Å². The van der Waals surface area contributed by atoms with Crippen LogP contribution in [0, 0.1) is 12.7 Å². The molecule has 0 saturated carbocycles. The second-order valence-electron chi connectivity index (χ2n) is 7.27. The molecule has 0 atom stereocenters. The van der Waals surface area contributed by atoms with Crippen LogP contribution >= 0.6 is 0 Å². The molecule has 0 aliphatic carbocycles. The zero-order valence-corrected chi connectivity index (χ0v) is 17.2. The van der Waals surface area contributed by atoms with E-state index in [-0.39, 0.29) is 18.1 Å². The number of aromatic amines is 1. The van der Waals surface area contributed by atoms with Gasteiger partial charge in [-0.2, -0.15) is 0 Å². The summed E-state index contributed by atoms with van der Waals surface area (Å²) in [4.78, 5) is 20.7. The quantitative estimate of drug-likeness (QED) is 0.420. The third-order valence-corrected chi connectivity index (χ3v) is 5.20. The van der Waals surface area contributed by atoms with Crippen LogP contribution < -0.4 is 5.32 Å². The Balaban J connectivity index is 1.57. The van der Waals surface area contributed by atoms with Gasteiger partial charge in [0.2, 0.25) is 11.9 Å². The van der Waals surface area contributed by atoms with E-state index in [0.717, 1.165) is 39.6 Å². The minimum Gasteiger partial charge on any atom is -0.382 e. The number of para-hydroxylation sites is 2. The second-order valence-corrected chi connectivity index (χ2v) is 7.27. The molecule has 30 heavy (non-hydrogen) atoms. The van der Waals surface area contributed by atoms with Crippen molar-refractivity contribution < 1.29 is 13.9 Å². The maximum Gasteiger partial charge on any atom is 0.231 e. The van der Waals surface area contributed by atoms with Gasteiger partial charge in [0.05, 0.1) is 17.5 Å². The fraction of sp³-hybridized carbons (Fsp3) is 0.304. The Bertz CT molecular complexity index is 1190. The number of fused-ring (bicyclic) bond motifs is 2. The van der Waals surface area contributed by atoms with Crippen LogP contribution in [0.3, 0.4) is 0 Å². The number of imidazole rings is 1. The molecule has 0 aliphatic rings. The standard InChI is InChI=1S/C23H25FN4O2/c1-3-30-12-6-11-28-21-8-5-4-7-20(21)26-23(28)27-22(29)14-17-15(2)25-19-10-9-16(24)13-18(17)19/h4-5,7-10,13,25H,3,6,11-12,14H2,1-2H3,(H,26,27,29). The minimum atomic E-state index is -0.320. The van der Waals surface area contributed by atoms with E-state index in [2.05, 4.69) is 15.3 Å². The number of aromatic nitrogens is 3. The van der Waals surface area contributed by atoms with E-state index in [1.54, 1.807) is 6.07 Å². The molecule has 1 amide bonds. The van der Waals surface area contributed by atoms with E-state index >= 15 is 0 Å². The number of hydrogen-bond acceptors (Lipinski definition) is 3. The Kier molecular flexibility index (Phi) is 5.81. The monoisotopic (exact) mass is 408 g/mol. The molecule has 2 heterocycles. The lowest BCUT2D eigenvalue weighted by Gasteiger charge is -2.10. The number of carbonyl (C=O) groups excluding carboxylic acids is 1. The molecule has 0 aliphatic heterocycles. The number of halogens is 1. The fourth-order valence-electron chi connectivity index (χ4n) is 3.78. The summed E-state index contributed by atoms with van der Waals surface area (Å²) in [6.45, 7) is 5.88. The molecule has 0 fully saturated rings. The van der Waals surface area contributed by atoms with E-state index in [9.17, 15) is 9.18 Å². The molecule has 2 aromatic carbocycles. The van der Waals surface area contributed by atoms with E-state index in [4.69, 9.17) is 4.74 Å². The molecule has 0 spiro atoms. The summed E-state index contributed by atoms with van der Waals surface area (Å²) in [5, 5.41) is 3.68. The Labute approximate surface area is 174 Å². The van der Waals surface area contributed by atoms with Gasteiger partial charge in [-0.15, -0.1) is 0 Å². The van der Waals surface area contributed by atoms with Crippen LogP contribution in [0.15, 0.2) is 42.5 Å². The number of nitrogens with one attached hydrogen (secondary N) is 2. The highest BCUT2D eigenvalue weighted by atomic mass is 19.1. The molecule has 0 saturated heterocycles. The highest BCUT2D eigenvalue weighted by molar-refractivity contribution is 5.96. The molecule has 2 aromatic heterocycles. The van der Waals surface area contributed by atoms with Gasteiger partial charge in [-0.25, -0.2) is 9.37 Å². The maximum absolute atomic E-state index is 13.7. The number of benzene rings is 2. The molecule has 4 rings (SSSR count). The first-order chi connectivity index (χ1) is 14.6. The average Bonchev–Trinajstić information content (AvgIpc) is 3.22. The van der Waals surface area contributed by atoms with Crippen LogP contribution in [0.4, 0.5) is 10.3 Å². The second kappa shape index (κ2) is 8.67. The molecular weight excluding hydrogens is 383 g/mol. The molecule has 2 N–H and O–H groups in total. The highest BCUT2D eigenvalue weighted by Gasteiger charge is 2.17. The van der Waals surface area contributed by atoms with Crippen LogP contribution in [-0.2, 0) is 22.5 Å². The molecule has 7 heteroatoms. The molecule has 4 aromatic rings. The number of hydrogen-bond donors (Lipinski definition) is 2. The number of rotatable bonds is 8. The summed E-state index contributed by atoms with van der Waals surface area (Å²) < 4.78 is 21.2. The molecule has 0 radical (unpaired) electrons. The Morgan fingerprint density at radius 2 is 2.10 bits per heavy atom. The SMILES string of the molecule is CCOCCCn1c(NC(=O)Cc2c(C)[nH]c3ccc(F)cc23)nc2ccccc21. The van der Waals surface area contributed by atoms with Gasteiger partial charge in [0, 0.05) is 36.4 Å². The zero-order valence-electron chi connectivity index (χ0n) is 17.2. The molecule has 6 nitrogen and oxygen atoms in total. The van der Waals surface area contributed by atoms with Gasteiger partial charge in [0.25, 0.3) is 0 Å². The summed E-state index contributed by atoms with van der Waals surface area (Å²) in [6, 6.07) is 12.4. The predicted octanol–water partition coefficient (Wildman–Crippen LogP) is 4.57. The van der Waals surface area contributed by atoms with E-state index in [0.29, 0.717) is 25.7 Å². The number of carbonyl (C=O) groups is 1. The molecule has 0 bridgehead atoms. The summed E-state index contributed by atoms with van der Waals surface area (Å²) in [7, 11) is 0.